The Bertz CT molecular complexity index is 2210. The maximum atomic E-state index is 13.9. The van der Waals surface area contributed by atoms with E-state index in [1.165, 1.54) is 17.4 Å². The molecule has 1 amide bonds. The van der Waals surface area contributed by atoms with Gasteiger partial charge >= 0.3 is 5.97 Å². The van der Waals surface area contributed by atoms with E-state index >= 15 is 0 Å². The summed E-state index contributed by atoms with van der Waals surface area (Å²) < 4.78 is 30.0. The number of hydrogen-bond donors (Lipinski definition) is 2. The highest BCUT2D eigenvalue weighted by Crippen LogP contribution is 2.45. The number of rotatable bonds is 7. The highest BCUT2D eigenvalue weighted by atomic mass is 32.1. The van der Waals surface area contributed by atoms with E-state index in [-0.39, 0.29) is 17.3 Å². The van der Waals surface area contributed by atoms with Gasteiger partial charge in [0, 0.05) is 28.1 Å². The summed E-state index contributed by atoms with van der Waals surface area (Å²) in [6.45, 7) is -0.0839. The molecule has 216 valence electrons. The molecule has 0 saturated carbocycles. The van der Waals surface area contributed by atoms with E-state index in [1.54, 1.807) is 23.7 Å². The monoisotopic (exact) mass is 622 g/mol. The maximum Gasteiger partial charge on any atom is 0.345 e. The Morgan fingerprint density at radius 2 is 1.70 bits per heavy atom. The molecule has 7 rings (SSSR count). The first-order valence-corrected chi connectivity index (χ1v) is 15.1. The van der Waals surface area contributed by atoms with Gasteiger partial charge in [0.2, 0.25) is 5.91 Å². The highest BCUT2D eigenvalue weighted by molar-refractivity contribution is 7.21. The topological polar surface area (TPSA) is 97.1 Å². The molecule has 3 aromatic carbocycles. The Kier molecular flexibility index (Phi) is 6.96. The van der Waals surface area contributed by atoms with Crippen LogP contribution in [0.15, 0.2) is 96.5 Å². The average molecular weight is 623 g/mol. The molecule has 0 atom stereocenters. The number of halogens is 2. The standard InChI is InChI=1S/C33H20F2N4O3S2/c34-22-9-6-20(15-23(22)35)25-10-7-19-14-21(8-11-24(19)37-25)30-29(18-4-2-1-3-5-18)31-26(16-27(44-31)32(41)42)39(30)17-28(40)38-33-36-12-13-43-33/h1-16H,17H2,(H,41,42)(H,36,38,40). The van der Waals surface area contributed by atoms with Gasteiger partial charge in [0.25, 0.3) is 0 Å². The highest BCUT2D eigenvalue weighted by Gasteiger charge is 2.25. The van der Waals surface area contributed by atoms with E-state index < -0.39 is 17.6 Å². The SMILES string of the molecule is O=C(Cn1c(-c2ccc3nc(-c4ccc(F)c(F)c4)ccc3c2)c(-c2ccccc2)c2sc(C(=O)O)cc21)Nc1nccs1. The molecule has 7 nitrogen and oxygen atoms in total. The number of pyridine rings is 1. The first kappa shape index (κ1) is 27.6. The van der Waals surface area contributed by atoms with Crippen molar-refractivity contribution in [2.24, 2.45) is 0 Å². The van der Waals surface area contributed by atoms with E-state index in [2.05, 4.69) is 15.3 Å². The third-order valence-corrected chi connectivity index (χ3v) is 8.99. The van der Waals surface area contributed by atoms with Crippen LogP contribution in [-0.2, 0) is 11.3 Å². The van der Waals surface area contributed by atoms with Crippen LogP contribution in [0, 0.1) is 11.6 Å². The van der Waals surface area contributed by atoms with Gasteiger partial charge in [0.05, 0.1) is 27.1 Å². The van der Waals surface area contributed by atoms with Gasteiger partial charge in [-0.05, 0) is 53.6 Å². The number of thiazole rings is 1. The number of carbonyl (C=O) groups excluding carboxylic acids is 1. The number of carboxylic acid groups (broad SMARTS) is 1. The molecule has 0 bridgehead atoms. The van der Waals surface area contributed by atoms with Crippen molar-refractivity contribution in [3.8, 4) is 33.6 Å². The van der Waals surface area contributed by atoms with Gasteiger partial charge in [0.1, 0.15) is 11.4 Å². The number of hydrogen-bond acceptors (Lipinski definition) is 6. The van der Waals surface area contributed by atoms with Crippen molar-refractivity contribution in [1.82, 2.24) is 14.5 Å². The molecular formula is C33H20F2N4O3S2. The van der Waals surface area contributed by atoms with Crippen molar-refractivity contribution < 1.29 is 23.5 Å². The second-order valence-electron chi connectivity index (χ2n) is 9.92. The summed E-state index contributed by atoms with van der Waals surface area (Å²) in [6, 6.07) is 24.2. The van der Waals surface area contributed by atoms with Crippen LogP contribution in [0.1, 0.15) is 9.67 Å². The van der Waals surface area contributed by atoms with Gasteiger partial charge in [-0.2, -0.15) is 0 Å². The third-order valence-electron chi connectivity index (χ3n) is 7.17. The lowest BCUT2D eigenvalue weighted by Crippen LogP contribution is -2.19. The number of anilines is 1. The molecule has 0 radical (unpaired) electrons. The van der Waals surface area contributed by atoms with Gasteiger partial charge in [-0.15, -0.1) is 22.7 Å². The average Bonchev–Trinajstić information content (AvgIpc) is 3.76. The minimum absolute atomic E-state index is 0.0839. The van der Waals surface area contributed by atoms with Crippen LogP contribution >= 0.6 is 22.7 Å². The van der Waals surface area contributed by atoms with Gasteiger partial charge in [0.15, 0.2) is 16.8 Å². The number of carbonyl (C=O) groups is 2. The van der Waals surface area contributed by atoms with Crippen LogP contribution in [-0.4, -0.2) is 31.5 Å². The molecule has 4 aromatic heterocycles. The number of thiophene rings is 1. The molecule has 0 saturated heterocycles. The molecule has 44 heavy (non-hydrogen) atoms. The lowest BCUT2D eigenvalue weighted by Gasteiger charge is -2.14. The summed E-state index contributed by atoms with van der Waals surface area (Å²) in [5.41, 5.74) is 5.45. The fourth-order valence-electron chi connectivity index (χ4n) is 5.24. The second kappa shape index (κ2) is 11.1. The lowest BCUT2D eigenvalue weighted by molar-refractivity contribution is -0.116. The third kappa shape index (κ3) is 5.01. The zero-order chi connectivity index (χ0) is 30.4. The van der Waals surface area contributed by atoms with Gasteiger partial charge < -0.3 is 15.0 Å². The number of amides is 1. The Labute approximate surface area is 256 Å². The summed E-state index contributed by atoms with van der Waals surface area (Å²) in [7, 11) is 0. The van der Waals surface area contributed by atoms with Gasteiger partial charge in [-0.1, -0.05) is 42.5 Å². The molecule has 0 aliphatic carbocycles. The molecule has 0 aliphatic rings. The largest absolute Gasteiger partial charge is 0.477 e. The number of nitrogens with zero attached hydrogens (tertiary/aromatic N) is 3. The van der Waals surface area contributed by atoms with Crippen molar-refractivity contribution in [1.29, 1.82) is 0 Å². The van der Waals surface area contributed by atoms with Crippen LogP contribution in [0.5, 0.6) is 0 Å². The van der Waals surface area contributed by atoms with E-state index in [4.69, 9.17) is 0 Å². The van der Waals surface area contributed by atoms with Crippen LogP contribution in [0.3, 0.4) is 0 Å². The number of carboxylic acids is 1. The van der Waals surface area contributed by atoms with Crippen LogP contribution < -0.4 is 5.32 Å². The molecule has 4 heterocycles. The first-order valence-electron chi connectivity index (χ1n) is 13.4. The number of nitrogens with one attached hydrogen (secondary N) is 1. The summed E-state index contributed by atoms with van der Waals surface area (Å²) >= 11 is 2.47. The fourth-order valence-corrected chi connectivity index (χ4v) is 6.86. The minimum Gasteiger partial charge on any atom is -0.477 e. The van der Waals surface area contributed by atoms with Crippen molar-refractivity contribution in [2.75, 3.05) is 5.32 Å². The predicted octanol–water partition coefficient (Wildman–Crippen LogP) is 8.32. The maximum absolute atomic E-state index is 13.9. The smallest absolute Gasteiger partial charge is 0.345 e. The van der Waals surface area contributed by atoms with Gasteiger partial charge in [-0.3, -0.25) is 4.79 Å². The summed E-state index contributed by atoms with van der Waals surface area (Å²) in [6.07, 6.45) is 1.60. The Morgan fingerprint density at radius 1 is 0.886 bits per heavy atom. The summed E-state index contributed by atoms with van der Waals surface area (Å²) in [4.78, 5) is 34.3. The zero-order valence-electron chi connectivity index (χ0n) is 22.6. The Hall–Kier alpha value is -5.26. The van der Waals surface area contributed by atoms with Crippen LogP contribution in [0.2, 0.25) is 0 Å². The van der Waals surface area contributed by atoms with Crippen molar-refractivity contribution in [2.45, 2.75) is 6.54 Å². The predicted molar refractivity (Wildman–Crippen MR) is 169 cm³/mol. The summed E-state index contributed by atoms with van der Waals surface area (Å²) in [5, 5.41) is 15.7. The normalized spacial score (nSPS) is 11.3. The molecule has 2 N–H and O–H groups in total. The quantitative estimate of drug-likeness (QED) is 0.186. The van der Waals surface area contributed by atoms with Crippen molar-refractivity contribution in [3.63, 3.8) is 0 Å². The summed E-state index contributed by atoms with van der Waals surface area (Å²) in [5.74, 6) is -3.22. The van der Waals surface area contributed by atoms with Crippen LogP contribution in [0.4, 0.5) is 13.9 Å². The minimum atomic E-state index is -1.04. The lowest BCUT2D eigenvalue weighted by atomic mass is 9.99. The van der Waals surface area contributed by atoms with E-state index in [9.17, 15) is 23.5 Å². The van der Waals surface area contributed by atoms with Crippen LogP contribution in [0.25, 0.3) is 54.8 Å². The fraction of sp³-hybridized carbons (Fsp3) is 0.0303. The molecular weight excluding hydrogens is 603 g/mol. The molecule has 7 aromatic rings. The first-order chi connectivity index (χ1) is 21.4. The van der Waals surface area contributed by atoms with Crippen molar-refractivity contribution in [3.05, 3.63) is 113 Å². The zero-order valence-corrected chi connectivity index (χ0v) is 24.3. The van der Waals surface area contributed by atoms with E-state index in [0.717, 1.165) is 55.9 Å². The Balaban J connectivity index is 1.41. The molecule has 0 aliphatic heterocycles. The second-order valence-corrected chi connectivity index (χ2v) is 11.9. The van der Waals surface area contributed by atoms with E-state index in [1.807, 2.05) is 59.2 Å². The number of aromatic carboxylic acids is 1. The number of benzene rings is 3. The van der Waals surface area contributed by atoms with Crippen molar-refractivity contribution >= 4 is 60.8 Å². The number of fused-ring (bicyclic) bond motifs is 2. The van der Waals surface area contributed by atoms with E-state index in [0.29, 0.717) is 27.4 Å². The Morgan fingerprint density at radius 3 is 2.45 bits per heavy atom. The number of aromatic nitrogens is 3. The molecule has 0 unspecified atom stereocenters. The molecule has 11 heteroatoms. The molecule has 0 fully saturated rings. The van der Waals surface area contributed by atoms with Gasteiger partial charge in [-0.25, -0.2) is 23.5 Å². The molecule has 0 spiro atoms.